The van der Waals surface area contributed by atoms with Crippen molar-refractivity contribution in [2.75, 3.05) is 33.4 Å². The minimum absolute atomic E-state index is 0.00879. The van der Waals surface area contributed by atoms with Crippen LogP contribution in [-0.4, -0.2) is 50.3 Å². The first-order chi connectivity index (χ1) is 10.2. The molecule has 1 atom stereocenters. The Morgan fingerprint density at radius 2 is 2.24 bits per heavy atom. The lowest BCUT2D eigenvalue weighted by Crippen LogP contribution is -2.48. The number of likely N-dealkylation sites (N-methyl/N-ethyl adjacent to an activating group) is 1. The fourth-order valence-corrected chi connectivity index (χ4v) is 4.47. The monoisotopic (exact) mass is 309 g/mol. The summed E-state index contributed by atoms with van der Waals surface area (Å²) in [7, 11) is 1.90. The van der Waals surface area contributed by atoms with E-state index in [1.807, 2.05) is 18.0 Å². The van der Waals surface area contributed by atoms with Gasteiger partial charge >= 0.3 is 0 Å². The van der Waals surface area contributed by atoms with Crippen LogP contribution in [0.25, 0.3) is 0 Å². The standard InChI is InChI=1S/C16H23NO3S/c1-17(11-13-12-19-8-9-20-13)15(18)16(6-2-3-7-16)14-5-4-10-21-14/h4-5,10,13H,2-3,6-9,11-12H2,1H3/t13-/m0/s1. The number of carbonyl (C=O) groups excluding carboxylic acids is 1. The molecule has 1 aromatic rings. The van der Waals surface area contributed by atoms with E-state index in [1.54, 1.807) is 11.3 Å². The second-order valence-electron chi connectivity index (χ2n) is 6.02. The lowest BCUT2D eigenvalue weighted by molar-refractivity contribution is -0.141. The van der Waals surface area contributed by atoms with E-state index >= 15 is 0 Å². The predicted octanol–water partition coefficient (Wildman–Crippen LogP) is 2.43. The fraction of sp³-hybridized carbons (Fsp3) is 0.688. The first-order valence-corrected chi connectivity index (χ1v) is 8.59. The Hall–Kier alpha value is -0.910. The predicted molar refractivity (Wildman–Crippen MR) is 82.7 cm³/mol. The number of hydrogen-bond acceptors (Lipinski definition) is 4. The number of rotatable bonds is 4. The second-order valence-corrected chi connectivity index (χ2v) is 6.97. The van der Waals surface area contributed by atoms with Crippen LogP contribution >= 0.6 is 11.3 Å². The van der Waals surface area contributed by atoms with Crippen molar-refractivity contribution in [3.63, 3.8) is 0 Å². The van der Waals surface area contributed by atoms with Crippen molar-refractivity contribution in [1.29, 1.82) is 0 Å². The molecule has 2 aliphatic rings. The average molecular weight is 309 g/mol. The highest BCUT2D eigenvalue weighted by atomic mass is 32.1. The fourth-order valence-electron chi connectivity index (χ4n) is 3.49. The van der Waals surface area contributed by atoms with Crippen LogP contribution in [0.5, 0.6) is 0 Å². The van der Waals surface area contributed by atoms with Gasteiger partial charge in [-0.3, -0.25) is 4.79 Å². The van der Waals surface area contributed by atoms with Crippen molar-refractivity contribution < 1.29 is 14.3 Å². The molecule has 1 saturated heterocycles. The summed E-state index contributed by atoms with van der Waals surface area (Å²) in [6, 6.07) is 4.16. The molecular formula is C16H23NO3S. The maximum Gasteiger partial charge on any atom is 0.233 e. The third-order valence-corrected chi connectivity index (χ3v) is 5.64. The molecule has 1 aliphatic carbocycles. The zero-order valence-electron chi connectivity index (χ0n) is 12.5. The molecule has 0 aromatic carbocycles. The lowest BCUT2D eigenvalue weighted by Gasteiger charge is -2.34. The third kappa shape index (κ3) is 3.00. The number of carbonyl (C=O) groups is 1. The van der Waals surface area contributed by atoms with Crippen LogP contribution in [0.3, 0.4) is 0 Å². The summed E-state index contributed by atoms with van der Waals surface area (Å²) < 4.78 is 11.1. The van der Waals surface area contributed by atoms with E-state index in [4.69, 9.17) is 9.47 Å². The van der Waals surface area contributed by atoms with Gasteiger partial charge in [0.1, 0.15) is 0 Å². The lowest BCUT2D eigenvalue weighted by atomic mass is 9.83. The van der Waals surface area contributed by atoms with E-state index in [1.165, 1.54) is 4.88 Å². The molecule has 116 valence electrons. The largest absolute Gasteiger partial charge is 0.376 e. The zero-order chi connectivity index (χ0) is 14.7. The Morgan fingerprint density at radius 1 is 1.43 bits per heavy atom. The minimum atomic E-state index is -0.293. The van der Waals surface area contributed by atoms with Crippen LogP contribution in [0, 0.1) is 0 Å². The summed E-state index contributed by atoms with van der Waals surface area (Å²) in [6.45, 7) is 2.49. The van der Waals surface area contributed by atoms with Crippen molar-refractivity contribution in [2.45, 2.75) is 37.2 Å². The summed E-state index contributed by atoms with van der Waals surface area (Å²) in [5.74, 6) is 0.247. The molecule has 2 heterocycles. The van der Waals surface area contributed by atoms with E-state index < -0.39 is 0 Å². The van der Waals surface area contributed by atoms with Crippen molar-refractivity contribution >= 4 is 17.2 Å². The molecule has 0 unspecified atom stereocenters. The highest BCUT2D eigenvalue weighted by Crippen LogP contribution is 2.44. The Morgan fingerprint density at radius 3 is 2.86 bits per heavy atom. The SMILES string of the molecule is CN(C[C@H]1COCCO1)C(=O)C1(c2cccs2)CCCC1. The molecule has 4 nitrogen and oxygen atoms in total. The van der Waals surface area contributed by atoms with Gasteiger partial charge in [0.15, 0.2) is 0 Å². The number of thiophene rings is 1. The van der Waals surface area contributed by atoms with Gasteiger partial charge in [-0.05, 0) is 24.3 Å². The third-order valence-electron chi connectivity index (χ3n) is 4.57. The summed E-state index contributed by atoms with van der Waals surface area (Å²) in [5.41, 5.74) is -0.293. The first kappa shape index (κ1) is 15.0. The van der Waals surface area contributed by atoms with Gasteiger partial charge in [-0.25, -0.2) is 0 Å². The molecule has 0 bridgehead atoms. The number of ether oxygens (including phenoxy) is 2. The van der Waals surface area contributed by atoms with Crippen LogP contribution in [0.15, 0.2) is 17.5 Å². The van der Waals surface area contributed by atoms with Crippen molar-refractivity contribution in [3.05, 3.63) is 22.4 Å². The van der Waals surface area contributed by atoms with Gasteiger partial charge in [-0.2, -0.15) is 0 Å². The summed E-state index contributed by atoms with van der Waals surface area (Å²) in [6.07, 6.45) is 4.23. The molecule has 1 aliphatic heterocycles. The van der Waals surface area contributed by atoms with Crippen LogP contribution in [0.1, 0.15) is 30.6 Å². The molecular weight excluding hydrogens is 286 g/mol. The maximum absolute atomic E-state index is 13.1. The van der Waals surface area contributed by atoms with Crippen molar-refractivity contribution in [2.24, 2.45) is 0 Å². The van der Waals surface area contributed by atoms with E-state index in [2.05, 4.69) is 11.4 Å². The summed E-state index contributed by atoms with van der Waals surface area (Å²) >= 11 is 1.71. The average Bonchev–Trinajstić information content (AvgIpc) is 3.19. The number of nitrogens with zero attached hydrogens (tertiary/aromatic N) is 1. The molecule has 3 rings (SSSR count). The zero-order valence-corrected chi connectivity index (χ0v) is 13.4. The van der Waals surface area contributed by atoms with E-state index in [0.29, 0.717) is 26.4 Å². The summed E-state index contributed by atoms with van der Waals surface area (Å²) in [4.78, 5) is 16.1. The summed E-state index contributed by atoms with van der Waals surface area (Å²) in [5, 5.41) is 2.07. The molecule has 1 saturated carbocycles. The second kappa shape index (κ2) is 6.46. The van der Waals surface area contributed by atoms with Gasteiger partial charge in [0, 0.05) is 18.5 Å². The van der Waals surface area contributed by atoms with E-state index in [9.17, 15) is 4.79 Å². The Balaban J connectivity index is 1.72. The first-order valence-electron chi connectivity index (χ1n) is 7.71. The van der Waals surface area contributed by atoms with Crippen molar-refractivity contribution in [1.82, 2.24) is 4.90 Å². The number of amides is 1. The molecule has 0 spiro atoms. The van der Waals surface area contributed by atoms with Crippen LogP contribution in [-0.2, 0) is 19.7 Å². The van der Waals surface area contributed by atoms with Gasteiger partial charge in [0.25, 0.3) is 0 Å². The van der Waals surface area contributed by atoms with Gasteiger partial charge < -0.3 is 14.4 Å². The minimum Gasteiger partial charge on any atom is -0.376 e. The highest BCUT2D eigenvalue weighted by molar-refractivity contribution is 7.10. The maximum atomic E-state index is 13.1. The quantitative estimate of drug-likeness (QED) is 0.857. The molecule has 1 aromatic heterocycles. The molecule has 5 heteroatoms. The van der Waals surface area contributed by atoms with Gasteiger partial charge in [0.2, 0.25) is 5.91 Å². The smallest absolute Gasteiger partial charge is 0.233 e. The molecule has 1 amide bonds. The van der Waals surface area contributed by atoms with Gasteiger partial charge in [-0.1, -0.05) is 18.9 Å². The number of hydrogen-bond donors (Lipinski definition) is 0. The molecule has 0 N–H and O–H groups in total. The van der Waals surface area contributed by atoms with Gasteiger partial charge in [0.05, 0.1) is 31.3 Å². The molecule has 0 radical (unpaired) electrons. The van der Waals surface area contributed by atoms with Crippen LogP contribution in [0.2, 0.25) is 0 Å². The Bertz CT molecular complexity index is 462. The Labute approximate surface area is 130 Å². The van der Waals surface area contributed by atoms with E-state index in [-0.39, 0.29) is 17.4 Å². The normalized spacial score (nSPS) is 24.9. The molecule has 2 fully saturated rings. The molecule has 21 heavy (non-hydrogen) atoms. The Kier molecular flexibility index (Phi) is 4.62. The van der Waals surface area contributed by atoms with Crippen LogP contribution in [0.4, 0.5) is 0 Å². The van der Waals surface area contributed by atoms with Crippen molar-refractivity contribution in [3.8, 4) is 0 Å². The van der Waals surface area contributed by atoms with E-state index in [0.717, 1.165) is 25.7 Å². The topological polar surface area (TPSA) is 38.8 Å². The van der Waals surface area contributed by atoms with Gasteiger partial charge in [-0.15, -0.1) is 11.3 Å². The van der Waals surface area contributed by atoms with Crippen LogP contribution < -0.4 is 0 Å². The highest BCUT2D eigenvalue weighted by Gasteiger charge is 2.45.